The number of oxazole rings is 1. The normalized spacial score (nSPS) is 11.9. The van der Waals surface area contributed by atoms with E-state index in [2.05, 4.69) is 24.3 Å². The molecule has 192 valence electrons. The van der Waals surface area contributed by atoms with Crippen LogP contribution in [0.3, 0.4) is 0 Å². The number of carboxylic acids is 1. The maximum atomic E-state index is 11.4. The van der Waals surface area contributed by atoms with Crippen LogP contribution in [-0.2, 0) is 22.4 Å². The largest absolute Gasteiger partial charge is 0.493 e. The van der Waals surface area contributed by atoms with Gasteiger partial charge in [-0.3, -0.25) is 0 Å². The molecule has 1 atom stereocenters. The summed E-state index contributed by atoms with van der Waals surface area (Å²) in [7, 11) is 1.41. The summed E-state index contributed by atoms with van der Waals surface area (Å²) in [6.07, 6.45) is -0.0259. The number of hydrogen-bond donors (Lipinski definition) is 1. The highest BCUT2D eigenvalue weighted by molar-refractivity contribution is 5.91. The molecule has 0 fully saturated rings. The summed E-state index contributed by atoms with van der Waals surface area (Å²) >= 11 is 0. The van der Waals surface area contributed by atoms with Gasteiger partial charge in [-0.25, -0.2) is 9.78 Å². The predicted molar refractivity (Wildman–Crippen MR) is 147 cm³/mol. The summed E-state index contributed by atoms with van der Waals surface area (Å²) in [4.78, 5) is 16.2. The van der Waals surface area contributed by atoms with Crippen LogP contribution < -0.4 is 4.74 Å². The number of nitrogens with zero attached hydrogens (tertiary/aromatic N) is 1. The van der Waals surface area contributed by atoms with Crippen LogP contribution in [0.4, 0.5) is 0 Å². The molecule has 5 rings (SSSR count). The first-order valence-corrected chi connectivity index (χ1v) is 12.5. The van der Waals surface area contributed by atoms with Gasteiger partial charge in [0.15, 0.2) is 6.10 Å². The van der Waals surface area contributed by atoms with Gasteiger partial charge in [0.2, 0.25) is 5.89 Å². The minimum Gasteiger partial charge on any atom is -0.493 e. The van der Waals surface area contributed by atoms with Crippen molar-refractivity contribution in [3.8, 4) is 28.3 Å². The molecule has 1 N–H and O–H groups in total. The third-order valence-electron chi connectivity index (χ3n) is 6.67. The third kappa shape index (κ3) is 5.45. The smallest absolute Gasteiger partial charge is 0.333 e. The Morgan fingerprint density at radius 1 is 0.868 bits per heavy atom. The van der Waals surface area contributed by atoms with E-state index in [0.29, 0.717) is 18.9 Å². The number of benzene rings is 4. The molecule has 1 aromatic heterocycles. The number of carboxylic acid groups (broad SMARTS) is 1. The number of carbonyl (C=O) groups is 1. The zero-order valence-electron chi connectivity index (χ0n) is 21.4. The Hall–Kier alpha value is -4.42. The molecule has 1 heterocycles. The van der Waals surface area contributed by atoms with Gasteiger partial charge < -0.3 is 19.0 Å². The van der Waals surface area contributed by atoms with Gasteiger partial charge in [-0.2, -0.15) is 0 Å². The second-order valence-corrected chi connectivity index (χ2v) is 9.10. The highest BCUT2D eigenvalue weighted by Crippen LogP contribution is 2.30. The molecule has 1 unspecified atom stereocenters. The number of fused-ring (bicyclic) bond motifs is 1. The highest BCUT2D eigenvalue weighted by Gasteiger charge is 2.19. The zero-order valence-corrected chi connectivity index (χ0v) is 21.4. The van der Waals surface area contributed by atoms with E-state index < -0.39 is 12.1 Å². The molecule has 5 aromatic rings. The summed E-state index contributed by atoms with van der Waals surface area (Å²) < 4.78 is 17.3. The van der Waals surface area contributed by atoms with Gasteiger partial charge in [0.1, 0.15) is 11.5 Å². The average molecular weight is 508 g/mol. The quantitative estimate of drug-likeness (QED) is 0.226. The van der Waals surface area contributed by atoms with Crippen LogP contribution >= 0.6 is 0 Å². The number of aliphatic carboxylic acids is 1. The standard InChI is InChI=1S/C32H29NO5/c1-21-28(33-31(38-21)24-14-12-23(13-15-24)22-8-4-3-5-9-22)18-19-37-29-17-16-25(20-30(36-2)32(34)35)26-10-6-7-11-27(26)29/h3-17,30H,18-20H2,1-2H3,(H,34,35). The summed E-state index contributed by atoms with van der Waals surface area (Å²) in [6.45, 7) is 2.35. The van der Waals surface area contributed by atoms with E-state index in [1.165, 1.54) is 12.7 Å². The van der Waals surface area contributed by atoms with Crippen molar-refractivity contribution in [1.82, 2.24) is 4.98 Å². The number of ether oxygens (including phenoxy) is 2. The topological polar surface area (TPSA) is 81.8 Å². The SMILES string of the molecule is COC(Cc1ccc(OCCc2nc(-c3ccc(-c4ccccc4)cc3)oc2C)c2ccccc12)C(=O)O. The second kappa shape index (κ2) is 11.3. The number of rotatable bonds is 10. The molecule has 0 radical (unpaired) electrons. The van der Waals surface area contributed by atoms with Crippen molar-refractivity contribution in [1.29, 1.82) is 0 Å². The minimum absolute atomic E-state index is 0.278. The monoisotopic (exact) mass is 507 g/mol. The summed E-state index contributed by atoms with van der Waals surface area (Å²) in [5, 5.41) is 11.3. The van der Waals surface area contributed by atoms with Crippen LogP contribution in [0.1, 0.15) is 17.0 Å². The Morgan fingerprint density at radius 2 is 1.53 bits per heavy atom. The Labute approximate surface area is 221 Å². The van der Waals surface area contributed by atoms with Crippen molar-refractivity contribution in [2.75, 3.05) is 13.7 Å². The van der Waals surface area contributed by atoms with Crippen molar-refractivity contribution in [2.45, 2.75) is 25.9 Å². The summed E-state index contributed by atoms with van der Waals surface area (Å²) in [5.41, 5.74) is 5.00. The fraction of sp³-hybridized carbons (Fsp3) is 0.188. The van der Waals surface area contributed by atoms with Crippen molar-refractivity contribution in [3.05, 3.63) is 108 Å². The molecule has 0 saturated carbocycles. The molecule has 0 bridgehead atoms. The Balaban J connectivity index is 1.28. The lowest BCUT2D eigenvalue weighted by atomic mass is 9.99. The third-order valence-corrected chi connectivity index (χ3v) is 6.67. The van der Waals surface area contributed by atoms with Crippen LogP contribution in [0.25, 0.3) is 33.4 Å². The highest BCUT2D eigenvalue weighted by atomic mass is 16.5. The average Bonchev–Trinajstić information content (AvgIpc) is 3.33. The van der Waals surface area contributed by atoms with E-state index in [0.717, 1.165) is 44.7 Å². The maximum absolute atomic E-state index is 11.4. The van der Waals surface area contributed by atoms with Gasteiger partial charge in [0, 0.05) is 30.9 Å². The van der Waals surface area contributed by atoms with Crippen molar-refractivity contribution in [2.24, 2.45) is 0 Å². The van der Waals surface area contributed by atoms with E-state index in [9.17, 15) is 9.90 Å². The lowest BCUT2D eigenvalue weighted by Gasteiger charge is -2.15. The van der Waals surface area contributed by atoms with Gasteiger partial charge in [0.25, 0.3) is 0 Å². The van der Waals surface area contributed by atoms with Gasteiger partial charge in [-0.15, -0.1) is 0 Å². The van der Waals surface area contributed by atoms with Crippen molar-refractivity contribution >= 4 is 16.7 Å². The molecule has 4 aromatic carbocycles. The minimum atomic E-state index is -0.980. The lowest BCUT2D eigenvalue weighted by Crippen LogP contribution is -2.24. The molecule has 38 heavy (non-hydrogen) atoms. The molecule has 0 amide bonds. The van der Waals surface area contributed by atoms with Gasteiger partial charge in [0.05, 0.1) is 12.3 Å². The number of aryl methyl sites for hydroxylation is 1. The molecule has 0 aliphatic carbocycles. The molecule has 0 spiro atoms. The van der Waals surface area contributed by atoms with E-state index >= 15 is 0 Å². The second-order valence-electron chi connectivity index (χ2n) is 9.10. The summed E-state index contributed by atoms with van der Waals surface area (Å²) in [5.74, 6) is 1.13. The van der Waals surface area contributed by atoms with Gasteiger partial charge in [-0.1, -0.05) is 72.8 Å². The van der Waals surface area contributed by atoms with Gasteiger partial charge in [-0.05, 0) is 47.2 Å². The molecule has 6 heteroatoms. The summed E-state index contributed by atoms with van der Waals surface area (Å²) in [6, 6.07) is 30.1. The maximum Gasteiger partial charge on any atom is 0.333 e. The molecule has 0 aliphatic rings. The fourth-order valence-electron chi connectivity index (χ4n) is 4.59. The molecule has 6 nitrogen and oxygen atoms in total. The van der Waals surface area contributed by atoms with Gasteiger partial charge >= 0.3 is 5.97 Å². The first-order valence-electron chi connectivity index (χ1n) is 12.5. The number of aromatic nitrogens is 1. The molecular weight excluding hydrogens is 478 g/mol. The first-order chi connectivity index (χ1) is 18.5. The molecular formula is C32H29NO5. The Morgan fingerprint density at radius 3 is 2.24 bits per heavy atom. The zero-order chi connectivity index (χ0) is 26.5. The van der Waals surface area contributed by atoms with Crippen LogP contribution in [0.5, 0.6) is 5.75 Å². The van der Waals surface area contributed by atoms with E-state index in [-0.39, 0.29) is 6.42 Å². The fourth-order valence-corrected chi connectivity index (χ4v) is 4.59. The molecule has 0 saturated heterocycles. The number of methoxy groups -OCH3 is 1. The van der Waals surface area contributed by atoms with E-state index in [1.54, 1.807) is 0 Å². The van der Waals surface area contributed by atoms with Crippen molar-refractivity contribution < 1.29 is 23.8 Å². The molecule has 0 aliphatic heterocycles. The predicted octanol–water partition coefficient (Wildman–Crippen LogP) is 6.73. The number of hydrogen-bond acceptors (Lipinski definition) is 5. The van der Waals surface area contributed by atoms with E-state index in [1.807, 2.05) is 73.7 Å². The van der Waals surface area contributed by atoms with Crippen LogP contribution in [0.2, 0.25) is 0 Å². The van der Waals surface area contributed by atoms with Crippen molar-refractivity contribution in [3.63, 3.8) is 0 Å². The van der Waals surface area contributed by atoms with Crippen LogP contribution in [0.15, 0.2) is 95.4 Å². The van der Waals surface area contributed by atoms with Crippen LogP contribution in [-0.4, -0.2) is 35.9 Å². The Bertz CT molecular complexity index is 1540. The van der Waals surface area contributed by atoms with E-state index in [4.69, 9.17) is 18.9 Å². The first kappa shape index (κ1) is 25.2. The van der Waals surface area contributed by atoms with Crippen LogP contribution in [0, 0.1) is 6.92 Å². The Kier molecular flexibility index (Phi) is 7.52. The lowest BCUT2D eigenvalue weighted by molar-refractivity contribution is -0.148.